The topological polar surface area (TPSA) is 330 Å². The number of alkyl carbamates (subject to hydrolysis) is 1. The summed E-state index contributed by atoms with van der Waals surface area (Å²) < 4.78 is 41.4. The smallest absolute Gasteiger partial charge is 0.446 e. The molecule has 0 aliphatic rings. The summed E-state index contributed by atoms with van der Waals surface area (Å²) in [5.74, 6) is -6.65. The molecule has 0 aliphatic carbocycles. The molecule has 430 valence electrons. The zero-order valence-corrected chi connectivity index (χ0v) is 46.2. The highest BCUT2D eigenvalue weighted by molar-refractivity contribution is 7.81. The number of aromatic nitrogens is 1. The fourth-order valence-electron chi connectivity index (χ4n) is 8.64. The van der Waals surface area contributed by atoms with Crippen LogP contribution in [0.3, 0.4) is 0 Å². The number of nitrogens with one attached hydrogen (secondary N) is 8. The third-order valence-electron chi connectivity index (χ3n) is 12.6. The van der Waals surface area contributed by atoms with Gasteiger partial charge in [-0.25, -0.2) is 4.79 Å². The third kappa shape index (κ3) is 20.8. The Kier molecular flexibility index (Phi) is 23.6. The summed E-state index contributed by atoms with van der Waals surface area (Å²) in [5, 5.41) is 29.1. The molecule has 5 rings (SSSR count). The van der Waals surface area contributed by atoms with Crippen LogP contribution in [0.1, 0.15) is 108 Å². The molecule has 1 heterocycles. The first kappa shape index (κ1) is 62.5. The van der Waals surface area contributed by atoms with Crippen LogP contribution in [-0.4, -0.2) is 119 Å². The second-order valence-corrected chi connectivity index (χ2v) is 21.2. The summed E-state index contributed by atoms with van der Waals surface area (Å²) in [7, 11) is -4.82. The number of ether oxygens (including phenoxy) is 1. The number of H-pyrrole nitrogens is 1. The van der Waals surface area contributed by atoms with Crippen molar-refractivity contribution in [2.45, 2.75) is 134 Å². The lowest BCUT2D eigenvalue weighted by molar-refractivity contribution is -0.141. The lowest BCUT2D eigenvalue weighted by Gasteiger charge is -2.26. The van der Waals surface area contributed by atoms with Gasteiger partial charge >= 0.3 is 22.5 Å². The zero-order chi connectivity index (χ0) is 58.4. The maximum Gasteiger partial charge on any atom is 0.446 e. The van der Waals surface area contributed by atoms with Crippen molar-refractivity contribution in [2.75, 3.05) is 13.1 Å². The first-order valence-electron chi connectivity index (χ1n) is 26.4. The van der Waals surface area contributed by atoms with Crippen LogP contribution in [-0.2, 0) is 61.5 Å². The van der Waals surface area contributed by atoms with E-state index in [1.165, 1.54) is 24.3 Å². The minimum atomic E-state index is -4.82. The van der Waals surface area contributed by atoms with Crippen molar-refractivity contribution in [3.63, 3.8) is 0 Å². The highest BCUT2D eigenvalue weighted by atomic mass is 32.3. The Bertz CT molecular complexity index is 2970. The molecule has 0 radical (unpaired) electrons. The molecule has 0 aliphatic heterocycles. The van der Waals surface area contributed by atoms with Crippen LogP contribution in [0, 0.1) is 0 Å². The number of benzene rings is 4. The summed E-state index contributed by atoms with van der Waals surface area (Å²) >= 11 is 0. The van der Waals surface area contributed by atoms with Gasteiger partial charge in [-0.15, -0.1) is 0 Å². The van der Waals surface area contributed by atoms with Crippen LogP contribution in [0.25, 0.3) is 10.9 Å². The van der Waals surface area contributed by atoms with Gasteiger partial charge in [0, 0.05) is 42.4 Å². The minimum absolute atomic E-state index is 0.0753. The average Bonchev–Trinajstić information content (AvgIpc) is 3.85. The largest absolute Gasteiger partial charge is 0.481 e. The molecule has 22 nitrogen and oxygen atoms in total. The number of rotatable bonds is 30. The number of carbonyl (C=O) groups is 8. The second kappa shape index (κ2) is 30.2. The predicted octanol–water partition coefficient (Wildman–Crippen LogP) is 4.89. The number of aliphatic carboxylic acids is 1. The molecule has 5 atom stereocenters. The van der Waals surface area contributed by atoms with Gasteiger partial charge in [-0.05, 0) is 74.1 Å². The molecule has 0 saturated heterocycles. The van der Waals surface area contributed by atoms with Crippen molar-refractivity contribution < 1.29 is 65.4 Å². The fraction of sp³-hybridized carbons (Fsp3) is 0.404. The number of carboxylic acid groups (broad SMARTS) is 1. The highest BCUT2D eigenvalue weighted by Crippen LogP contribution is 2.24. The third-order valence-corrected chi connectivity index (χ3v) is 13.0. The summed E-state index contributed by atoms with van der Waals surface area (Å²) in [4.78, 5) is 112. The second-order valence-electron chi connectivity index (χ2n) is 20.1. The van der Waals surface area contributed by atoms with Gasteiger partial charge in [-0.3, -0.25) is 38.1 Å². The molecular weight excluding hydrogens is 1050 g/mol. The van der Waals surface area contributed by atoms with Gasteiger partial charge in [0.2, 0.25) is 35.4 Å². The quantitative estimate of drug-likeness (QED) is 0.0274. The van der Waals surface area contributed by atoms with Crippen molar-refractivity contribution in [1.29, 1.82) is 0 Å². The van der Waals surface area contributed by atoms with E-state index in [4.69, 9.17) is 9.29 Å². The van der Waals surface area contributed by atoms with Gasteiger partial charge in [0.05, 0.1) is 13.0 Å². The van der Waals surface area contributed by atoms with Gasteiger partial charge in [0.25, 0.3) is 0 Å². The summed E-state index contributed by atoms with van der Waals surface area (Å²) in [6.45, 7) is 8.00. The van der Waals surface area contributed by atoms with E-state index in [2.05, 4.69) is 46.4 Å². The number of amides is 7. The van der Waals surface area contributed by atoms with Crippen molar-refractivity contribution in [1.82, 2.24) is 42.2 Å². The van der Waals surface area contributed by atoms with Crippen molar-refractivity contribution in [2.24, 2.45) is 0 Å². The van der Waals surface area contributed by atoms with Crippen LogP contribution >= 0.6 is 0 Å². The number of hydrogen-bond acceptors (Lipinski definition) is 12. The minimum Gasteiger partial charge on any atom is -0.481 e. The molecule has 0 spiro atoms. The first-order chi connectivity index (χ1) is 38.0. The van der Waals surface area contributed by atoms with Crippen LogP contribution in [0.15, 0.2) is 115 Å². The normalized spacial score (nSPS) is 13.3. The molecule has 1 aromatic heterocycles. The summed E-state index contributed by atoms with van der Waals surface area (Å²) in [6, 6.07) is 24.6. The Hall–Kier alpha value is -8.31. The van der Waals surface area contributed by atoms with Gasteiger partial charge in [-0.2, -0.15) is 8.42 Å². The maximum atomic E-state index is 14.5. The van der Waals surface area contributed by atoms with Gasteiger partial charge in [-0.1, -0.05) is 131 Å². The molecule has 5 aromatic rings. The van der Waals surface area contributed by atoms with E-state index in [-0.39, 0.29) is 43.9 Å². The monoisotopic (exact) mass is 1120 g/mol. The number of aromatic amines is 1. The lowest BCUT2D eigenvalue weighted by atomic mass is 9.91. The van der Waals surface area contributed by atoms with Crippen LogP contribution in [0.5, 0.6) is 5.75 Å². The van der Waals surface area contributed by atoms with E-state index in [9.17, 15) is 51.9 Å². The van der Waals surface area contributed by atoms with Crippen molar-refractivity contribution in [3.05, 3.63) is 138 Å². The van der Waals surface area contributed by atoms with Gasteiger partial charge in [0.15, 0.2) is 0 Å². The Balaban J connectivity index is 1.31. The number of para-hydroxylation sites is 1. The molecule has 80 heavy (non-hydrogen) atoms. The highest BCUT2D eigenvalue weighted by Gasteiger charge is 2.33. The number of carboxylic acids is 1. The van der Waals surface area contributed by atoms with E-state index in [0.717, 1.165) is 22.0 Å². The molecule has 0 fully saturated rings. The van der Waals surface area contributed by atoms with E-state index in [0.29, 0.717) is 36.8 Å². The summed E-state index contributed by atoms with van der Waals surface area (Å²) in [6.07, 6.45) is 1.98. The average molecular weight is 1130 g/mol. The van der Waals surface area contributed by atoms with Gasteiger partial charge in [0.1, 0.15) is 41.6 Å². The van der Waals surface area contributed by atoms with E-state index < -0.39 is 107 Å². The van der Waals surface area contributed by atoms with Crippen LogP contribution in [0.2, 0.25) is 0 Å². The maximum absolute atomic E-state index is 14.5. The van der Waals surface area contributed by atoms with Crippen molar-refractivity contribution in [3.8, 4) is 5.75 Å². The Morgan fingerprint density at radius 1 is 0.600 bits per heavy atom. The Morgan fingerprint density at radius 3 is 1.66 bits per heavy atom. The molecular formula is C57H72N8O14S. The van der Waals surface area contributed by atoms with E-state index >= 15 is 0 Å². The Labute approximate surface area is 465 Å². The van der Waals surface area contributed by atoms with Crippen molar-refractivity contribution >= 4 is 68.8 Å². The van der Waals surface area contributed by atoms with E-state index in [1.807, 2.05) is 92.7 Å². The fourth-order valence-corrected chi connectivity index (χ4v) is 9.00. The number of hydrogen-bond donors (Lipinski definition) is 10. The predicted molar refractivity (Wildman–Crippen MR) is 297 cm³/mol. The van der Waals surface area contributed by atoms with E-state index in [1.54, 1.807) is 33.0 Å². The molecule has 0 saturated carbocycles. The standard InChI is InChI=1S/C57H72N8O14S/c1-6-8-23-44(62-54(72)46(65-56(74)78-57(3,4)5)30-36-26-28-40(29-27-36)79-80(75,76)77)51(69)60-35-49(66)61-47(31-39-33-58-43-25-17-16-22-41(39)43)55(73)63-45(24-9-7-2)53(71)64-48(32-50(67)68)52(70)59-34-42(37-18-12-10-13-19-37)38-20-14-11-15-21-38/h10-22,25-29,33,42,44-48,58H,6-9,23-24,30-32,34-35H2,1-5H3,(H,59,70)(H,60,69)(H,61,66)(H,62,72)(H,63,73)(H,64,71)(H,65,74)(H,67,68)(H,75,76,77)/t44-,45-,46-,47-,48-/m0/s1. The first-order valence-corrected chi connectivity index (χ1v) is 27.8. The Morgan fingerprint density at radius 2 is 1.11 bits per heavy atom. The number of carbonyl (C=O) groups excluding carboxylic acids is 7. The zero-order valence-electron chi connectivity index (χ0n) is 45.4. The SMILES string of the molecule is CCCC[C@H](NC(=O)[C@H](Cc1ccc(OS(=O)(=O)O)cc1)NC(=O)OC(C)(C)C)C(=O)NCC(=O)N[C@@H](Cc1c[nH]c2ccccc12)C(=O)N[C@@H](CCCC)C(=O)N[C@@H](CC(=O)O)C(=O)NCC(c1ccccc1)c1ccccc1. The number of unbranched alkanes of at least 4 members (excludes halogenated alkanes) is 2. The molecule has 10 N–H and O–H groups in total. The molecule has 0 bridgehead atoms. The van der Waals surface area contributed by atoms with Gasteiger partial charge < -0.3 is 56.2 Å². The molecule has 4 aromatic carbocycles. The lowest BCUT2D eigenvalue weighted by Crippen LogP contribution is -2.58. The molecule has 23 heteroatoms. The van der Waals surface area contributed by atoms with Crippen LogP contribution < -0.4 is 41.4 Å². The van der Waals surface area contributed by atoms with Crippen LogP contribution in [0.4, 0.5) is 4.79 Å². The number of fused-ring (bicyclic) bond motifs is 1. The molecule has 7 amide bonds. The molecule has 0 unspecified atom stereocenters. The summed E-state index contributed by atoms with van der Waals surface area (Å²) in [5.41, 5.74) is 2.63.